The number of hydrogen-bond donors (Lipinski definition) is 0. The fourth-order valence-electron chi connectivity index (χ4n) is 0.979. The summed E-state index contributed by atoms with van der Waals surface area (Å²) in [5.74, 6) is -0.320. The average Bonchev–Trinajstić information content (AvgIpc) is 2.19. The predicted molar refractivity (Wildman–Crippen MR) is 54.5 cm³/mol. The topological polar surface area (TPSA) is 29.5 Å². The SMILES string of the molecule is CC(=O)N(Cl)OCCc1ccccc1. The van der Waals surface area contributed by atoms with Crippen molar-refractivity contribution in [2.24, 2.45) is 0 Å². The van der Waals surface area contributed by atoms with E-state index in [0.717, 1.165) is 16.6 Å². The van der Waals surface area contributed by atoms with E-state index in [1.807, 2.05) is 30.3 Å². The van der Waals surface area contributed by atoms with Crippen LogP contribution in [0.2, 0.25) is 0 Å². The number of benzene rings is 1. The summed E-state index contributed by atoms with van der Waals surface area (Å²) in [6.45, 7) is 1.74. The number of hydroxylamine groups is 1. The Bertz CT molecular complexity index is 289. The minimum atomic E-state index is -0.320. The highest BCUT2D eigenvalue weighted by molar-refractivity contribution is 6.19. The van der Waals surface area contributed by atoms with Crippen LogP contribution in [0.4, 0.5) is 0 Å². The van der Waals surface area contributed by atoms with Crippen molar-refractivity contribution in [1.82, 2.24) is 4.58 Å². The first-order chi connectivity index (χ1) is 6.70. The van der Waals surface area contributed by atoms with Crippen molar-refractivity contribution in [3.05, 3.63) is 35.9 Å². The highest BCUT2D eigenvalue weighted by atomic mass is 35.5. The van der Waals surface area contributed by atoms with E-state index in [1.165, 1.54) is 6.92 Å². The van der Waals surface area contributed by atoms with Gasteiger partial charge in [0.2, 0.25) is 0 Å². The van der Waals surface area contributed by atoms with Gasteiger partial charge < -0.3 is 0 Å². The van der Waals surface area contributed by atoms with E-state index in [9.17, 15) is 4.79 Å². The highest BCUT2D eigenvalue weighted by Crippen LogP contribution is 2.02. The van der Waals surface area contributed by atoms with Gasteiger partial charge in [0.15, 0.2) is 0 Å². The van der Waals surface area contributed by atoms with Gasteiger partial charge in [-0.2, -0.15) is 0 Å². The van der Waals surface area contributed by atoms with Crippen LogP contribution in [-0.4, -0.2) is 17.1 Å². The monoisotopic (exact) mass is 213 g/mol. The maximum atomic E-state index is 10.7. The summed E-state index contributed by atoms with van der Waals surface area (Å²) in [7, 11) is 0. The van der Waals surface area contributed by atoms with Gasteiger partial charge in [-0.25, -0.2) is 0 Å². The molecule has 0 saturated heterocycles. The van der Waals surface area contributed by atoms with Crippen molar-refractivity contribution in [2.45, 2.75) is 13.3 Å². The van der Waals surface area contributed by atoms with E-state index in [2.05, 4.69) is 0 Å². The van der Waals surface area contributed by atoms with Gasteiger partial charge in [-0.3, -0.25) is 9.63 Å². The van der Waals surface area contributed by atoms with Gasteiger partial charge in [0.1, 0.15) is 0 Å². The molecule has 0 heterocycles. The molecule has 14 heavy (non-hydrogen) atoms. The second-order valence-electron chi connectivity index (χ2n) is 2.83. The van der Waals surface area contributed by atoms with Crippen molar-refractivity contribution < 1.29 is 9.63 Å². The van der Waals surface area contributed by atoms with Gasteiger partial charge in [0, 0.05) is 18.7 Å². The molecule has 0 saturated carbocycles. The second kappa shape index (κ2) is 5.62. The molecule has 0 atom stereocenters. The summed E-state index contributed by atoms with van der Waals surface area (Å²) in [5, 5.41) is 0. The first kappa shape index (κ1) is 11.0. The Morgan fingerprint density at radius 1 is 1.43 bits per heavy atom. The minimum absolute atomic E-state index is 0.320. The van der Waals surface area contributed by atoms with Crippen molar-refractivity contribution in [1.29, 1.82) is 0 Å². The molecular formula is C10H12ClNO2. The van der Waals surface area contributed by atoms with Gasteiger partial charge in [-0.05, 0) is 12.0 Å². The lowest BCUT2D eigenvalue weighted by Crippen LogP contribution is -2.19. The minimum Gasteiger partial charge on any atom is -0.272 e. The van der Waals surface area contributed by atoms with Crippen molar-refractivity contribution in [3.8, 4) is 0 Å². The number of rotatable bonds is 4. The van der Waals surface area contributed by atoms with E-state index >= 15 is 0 Å². The summed E-state index contributed by atoms with van der Waals surface area (Å²) < 4.78 is 0.725. The number of amides is 1. The molecule has 0 aliphatic rings. The molecule has 0 radical (unpaired) electrons. The first-order valence-corrected chi connectivity index (χ1v) is 4.67. The Balaban J connectivity index is 2.26. The van der Waals surface area contributed by atoms with Crippen molar-refractivity contribution in [3.63, 3.8) is 0 Å². The third-order valence-electron chi connectivity index (χ3n) is 1.69. The third kappa shape index (κ3) is 3.77. The zero-order valence-corrected chi connectivity index (χ0v) is 8.70. The van der Waals surface area contributed by atoms with Crippen LogP contribution in [-0.2, 0) is 16.1 Å². The number of halogens is 1. The average molecular weight is 214 g/mol. The number of nitrogens with zero attached hydrogens (tertiary/aromatic N) is 1. The molecular weight excluding hydrogens is 202 g/mol. The molecule has 1 amide bonds. The standard InChI is InChI=1S/C10H12ClNO2/c1-9(13)12(11)14-8-7-10-5-3-2-4-6-10/h2-6H,7-8H2,1H3. The molecule has 0 fully saturated rings. The molecule has 0 N–H and O–H groups in total. The molecule has 0 aliphatic carbocycles. The molecule has 1 aromatic carbocycles. The lowest BCUT2D eigenvalue weighted by Gasteiger charge is -2.10. The normalized spacial score (nSPS) is 9.86. The predicted octanol–water partition coefficient (Wildman–Crippen LogP) is 2.16. The van der Waals surface area contributed by atoms with Gasteiger partial charge >= 0.3 is 0 Å². The largest absolute Gasteiger partial charge is 0.272 e. The number of hydrogen-bond acceptors (Lipinski definition) is 2. The van der Waals surface area contributed by atoms with Crippen molar-refractivity contribution >= 4 is 17.7 Å². The summed E-state index contributed by atoms with van der Waals surface area (Å²) in [6, 6.07) is 9.86. The molecule has 0 bridgehead atoms. The lowest BCUT2D eigenvalue weighted by molar-refractivity contribution is -0.155. The Morgan fingerprint density at radius 2 is 2.07 bits per heavy atom. The molecule has 76 valence electrons. The van der Waals surface area contributed by atoms with Crippen LogP contribution >= 0.6 is 11.8 Å². The Hall–Kier alpha value is -1.06. The molecule has 0 aliphatic heterocycles. The van der Waals surface area contributed by atoms with Crippen LogP contribution in [0.15, 0.2) is 30.3 Å². The maximum Gasteiger partial charge on any atom is 0.258 e. The Labute approximate surface area is 88.3 Å². The van der Waals surface area contributed by atoms with Crippen LogP contribution in [0, 0.1) is 0 Å². The van der Waals surface area contributed by atoms with Gasteiger partial charge in [0.05, 0.1) is 6.61 Å². The molecule has 3 nitrogen and oxygen atoms in total. The maximum absolute atomic E-state index is 10.7. The Kier molecular flexibility index (Phi) is 4.43. The summed E-state index contributed by atoms with van der Waals surface area (Å²) in [4.78, 5) is 15.6. The molecule has 1 aromatic rings. The van der Waals surface area contributed by atoms with E-state index in [1.54, 1.807) is 0 Å². The number of carbonyl (C=O) groups is 1. The van der Waals surface area contributed by atoms with Gasteiger partial charge in [-0.15, -0.1) is 4.58 Å². The summed E-state index contributed by atoms with van der Waals surface area (Å²) >= 11 is 5.44. The molecule has 1 rings (SSSR count). The highest BCUT2D eigenvalue weighted by Gasteiger charge is 2.04. The van der Waals surface area contributed by atoms with Crippen LogP contribution in [0.3, 0.4) is 0 Å². The van der Waals surface area contributed by atoms with Gasteiger partial charge in [0.25, 0.3) is 5.91 Å². The Morgan fingerprint density at radius 3 is 2.64 bits per heavy atom. The molecule has 0 unspecified atom stereocenters. The van der Waals surface area contributed by atoms with Crippen molar-refractivity contribution in [2.75, 3.05) is 6.61 Å². The smallest absolute Gasteiger partial charge is 0.258 e. The lowest BCUT2D eigenvalue weighted by atomic mass is 10.2. The van der Waals surface area contributed by atoms with Gasteiger partial charge in [-0.1, -0.05) is 30.3 Å². The second-order valence-corrected chi connectivity index (χ2v) is 3.14. The van der Waals surface area contributed by atoms with E-state index < -0.39 is 0 Å². The van der Waals surface area contributed by atoms with E-state index in [0.29, 0.717) is 6.61 Å². The van der Waals surface area contributed by atoms with Crippen LogP contribution < -0.4 is 0 Å². The molecule has 0 aromatic heterocycles. The zero-order chi connectivity index (χ0) is 10.4. The zero-order valence-electron chi connectivity index (χ0n) is 7.94. The van der Waals surface area contributed by atoms with Crippen LogP contribution in [0.25, 0.3) is 0 Å². The van der Waals surface area contributed by atoms with Crippen LogP contribution in [0.5, 0.6) is 0 Å². The fraction of sp³-hybridized carbons (Fsp3) is 0.300. The number of carbonyl (C=O) groups excluding carboxylic acids is 1. The summed E-state index contributed by atoms with van der Waals surface area (Å²) in [5.41, 5.74) is 1.15. The quantitative estimate of drug-likeness (QED) is 0.567. The third-order valence-corrected chi connectivity index (χ3v) is 2.02. The molecule has 4 heteroatoms. The fourth-order valence-corrected chi connectivity index (χ4v) is 1.05. The van der Waals surface area contributed by atoms with E-state index in [4.69, 9.17) is 16.6 Å². The van der Waals surface area contributed by atoms with Crippen LogP contribution in [0.1, 0.15) is 12.5 Å². The van der Waals surface area contributed by atoms with E-state index in [-0.39, 0.29) is 5.91 Å². The summed E-state index contributed by atoms with van der Waals surface area (Å²) in [6.07, 6.45) is 0.733. The first-order valence-electron chi connectivity index (χ1n) is 4.33. The molecule has 0 spiro atoms.